The Bertz CT molecular complexity index is 339. The standard InChI is InChI=1S/C8H7BrN2O3/c9-6(4-12)7-2-1-5(3-10-7)11-8(13)14/h1-4,6,11H,(H,13,14). The number of nitrogens with zero attached hydrogens (tertiary/aromatic N) is 1. The summed E-state index contributed by atoms with van der Waals surface area (Å²) in [4.78, 5) is 24.1. The Morgan fingerprint density at radius 2 is 2.36 bits per heavy atom. The summed E-state index contributed by atoms with van der Waals surface area (Å²) in [5.74, 6) is 0. The predicted molar refractivity (Wildman–Crippen MR) is 53.6 cm³/mol. The molecule has 1 heterocycles. The van der Waals surface area contributed by atoms with E-state index in [1.54, 1.807) is 6.07 Å². The molecule has 0 fully saturated rings. The molecule has 1 unspecified atom stereocenters. The second-order valence-corrected chi connectivity index (χ2v) is 3.43. The SMILES string of the molecule is O=CC(Br)c1ccc(NC(=O)O)cn1. The Morgan fingerprint density at radius 1 is 1.64 bits per heavy atom. The third kappa shape index (κ3) is 2.81. The zero-order valence-electron chi connectivity index (χ0n) is 6.98. The second kappa shape index (κ2) is 4.71. The van der Waals surface area contributed by atoms with Gasteiger partial charge in [-0.3, -0.25) is 10.3 Å². The van der Waals surface area contributed by atoms with Crippen molar-refractivity contribution in [3.8, 4) is 0 Å². The number of hydrogen-bond donors (Lipinski definition) is 2. The van der Waals surface area contributed by atoms with Gasteiger partial charge in [-0.25, -0.2) is 4.79 Å². The minimum Gasteiger partial charge on any atom is -0.465 e. The molecular weight excluding hydrogens is 252 g/mol. The first-order chi connectivity index (χ1) is 6.63. The van der Waals surface area contributed by atoms with E-state index in [4.69, 9.17) is 5.11 Å². The van der Waals surface area contributed by atoms with Gasteiger partial charge in [0.05, 0.1) is 17.6 Å². The summed E-state index contributed by atoms with van der Waals surface area (Å²) < 4.78 is 0. The van der Waals surface area contributed by atoms with Gasteiger partial charge in [0.15, 0.2) is 0 Å². The van der Waals surface area contributed by atoms with Gasteiger partial charge in [0.2, 0.25) is 0 Å². The molecular formula is C8H7BrN2O3. The number of carbonyl (C=O) groups excluding carboxylic acids is 1. The lowest BCUT2D eigenvalue weighted by Gasteiger charge is -2.03. The Balaban J connectivity index is 2.78. The van der Waals surface area contributed by atoms with Crippen LogP contribution in [0.2, 0.25) is 0 Å². The fraction of sp³-hybridized carbons (Fsp3) is 0.125. The third-order valence-electron chi connectivity index (χ3n) is 1.44. The van der Waals surface area contributed by atoms with Crippen molar-refractivity contribution in [2.24, 2.45) is 0 Å². The molecule has 74 valence electrons. The Hall–Kier alpha value is -1.43. The smallest absolute Gasteiger partial charge is 0.409 e. The molecule has 1 amide bonds. The zero-order chi connectivity index (χ0) is 10.6. The van der Waals surface area contributed by atoms with Crippen molar-refractivity contribution in [3.05, 3.63) is 24.0 Å². The average Bonchev–Trinajstić information content (AvgIpc) is 2.17. The number of hydrogen-bond acceptors (Lipinski definition) is 3. The van der Waals surface area contributed by atoms with E-state index in [2.05, 4.69) is 26.2 Å². The summed E-state index contributed by atoms with van der Waals surface area (Å²) in [6.07, 6.45) is 0.902. The number of aromatic nitrogens is 1. The molecule has 0 aliphatic rings. The first kappa shape index (κ1) is 10.6. The number of anilines is 1. The molecule has 0 radical (unpaired) electrons. The second-order valence-electron chi connectivity index (χ2n) is 2.44. The maximum Gasteiger partial charge on any atom is 0.409 e. The van der Waals surface area contributed by atoms with Gasteiger partial charge in [-0.1, -0.05) is 15.9 Å². The Kier molecular flexibility index (Phi) is 3.58. The Labute approximate surface area is 88.3 Å². The number of alkyl halides is 1. The summed E-state index contributed by atoms with van der Waals surface area (Å²) in [5.41, 5.74) is 0.905. The monoisotopic (exact) mass is 258 g/mol. The number of carbonyl (C=O) groups is 2. The van der Waals surface area contributed by atoms with E-state index in [1.807, 2.05) is 0 Å². The minimum atomic E-state index is -1.15. The lowest BCUT2D eigenvalue weighted by molar-refractivity contribution is -0.107. The molecule has 1 aromatic heterocycles. The first-order valence-electron chi connectivity index (χ1n) is 3.68. The molecule has 1 rings (SSSR count). The third-order valence-corrected chi connectivity index (χ3v) is 2.12. The van der Waals surface area contributed by atoms with E-state index < -0.39 is 10.9 Å². The van der Waals surface area contributed by atoms with Crippen molar-refractivity contribution in [3.63, 3.8) is 0 Å². The maximum absolute atomic E-state index is 10.4. The van der Waals surface area contributed by atoms with Crippen molar-refractivity contribution in [1.82, 2.24) is 4.98 Å². The van der Waals surface area contributed by atoms with Gasteiger partial charge in [0.25, 0.3) is 0 Å². The van der Waals surface area contributed by atoms with Crippen LogP contribution in [0.3, 0.4) is 0 Å². The van der Waals surface area contributed by atoms with E-state index in [1.165, 1.54) is 12.3 Å². The molecule has 0 aromatic carbocycles. The molecule has 1 atom stereocenters. The van der Waals surface area contributed by atoms with Gasteiger partial charge < -0.3 is 9.90 Å². The van der Waals surface area contributed by atoms with E-state index in [9.17, 15) is 9.59 Å². The molecule has 0 saturated carbocycles. The van der Waals surface area contributed by atoms with E-state index >= 15 is 0 Å². The van der Waals surface area contributed by atoms with Crippen LogP contribution in [-0.4, -0.2) is 22.5 Å². The van der Waals surface area contributed by atoms with Gasteiger partial charge in [0.1, 0.15) is 11.1 Å². The van der Waals surface area contributed by atoms with Crippen LogP contribution >= 0.6 is 15.9 Å². The number of aldehydes is 1. The lowest BCUT2D eigenvalue weighted by Crippen LogP contribution is -2.07. The van der Waals surface area contributed by atoms with Crippen LogP contribution in [0.15, 0.2) is 18.3 Å². The maximum atomic E-state index is 10.4. The molecule has 0 aliphatic carbocycles. The van der Waals surface area contributed by atoms with Gasteiger partial charge >= 0.3 is 6.09 Å². The van der Waals surface area contributed by atoms with Crippen molar-refractivity contribution in [2.75, 3.05) is 5.32 Å². The summed E-state index contributed by atoms with van der Waals surface area (Å²) >= 11 is 3.09. The van der Waals surface area contributed by atoms with Gasteiger partial charge in [-0.05, 0) is 12.1 Å². The molecule has 1 aromatic rings. The van der Waals surface area contributed by atoms with E-state index in [0.717, 1.165) is 0 Å². The molecule has 0 aliphatic heterocycles. The van der Waals surface area contributed by atoms with Crippen LogP contribution in [0.1, 0.15) is 10.5 Å². The molecule has 0 bridgehead atoms. The first-order valence-corrected chi connectivity index (χ1v) is 4.60. The summed E-state index contributed by atoms with van der Waals surface area (Å²) in [5, 5.41) is 10.5. The molecule has 6 heteroatoms. The number of amides is 1. The fourth-order valence-corrected chi connectivity index (χ4v) is 1.11. The topological polar surface area (TPSA) is 79.3 Å². The largest absolute Gasteiger partial charge is 0.465 e. The molecule has 0 spiro atoms. The summed E-state index contributed by atoms with van der Waals surface area (Å²) in [6.45, 7) is 0. The van der Waals surface area contributed by atoms with E-state index in [-0.39, 0.29) is 0 Å². The van der Waals surface area contributed by atoms with Gasteiger partial charge in [0, 0.05) is 0 Å². The number of carboxylic acid groups (broad SMARTS) is 1. The van der Waals surface area contributed by atoms with Crippen molar-refractivity contribution in [1.29, 1.82) is 0 Å². The fourth-order valence-electron chi connectivity index (χ4n) is 0.836. The predicted octanol–water partition coefficient (Wildman–Crippen LogP) is 1.81. The quantitative estimate of drug-likeness (QED) is 0.640. The normalized spacial score (nSPS) is 11.8. The van der Waals surface area contributed by atoms with Crippen LogP contribution in [-0.2, 0) is 4.79 Å². The highest BCUT2D eigenvalue weighted by atomic mass is 79.9. The number of halogens is 1. The average molecular weight is 259 g/mol. The van der Waals surface area contributed by atoms with Crippen molar-refractivity contribution < 1.29 is 14.7 Å². The van der Waals surface area contributed by atoms with Crippen molar-refractivity contribution >= 4 is 34.0 Å². The molecule has 2 N–H and O–H groups in total. The summed E-state index contributed by atoms with van der Waals surface area (Å²) in [6, 6.07) is 3.10. The molecule has 0 saturated heterocycles. The summed E-state index contributed by atoms with van der Waals surface area (Å²) in [7, 11) is 0. The molecule has 14 heavy (non-hydrogen) atoms. The number of rotatable bonds is 3. The highest BCUT2D eigenvalue weighted by Gasteiger charge is 2.06. The lowest BCUT2D eigenvalue weighted by atomic mass is 10.3. The van der Waals surface area contributed by atoms with Crippen LogP contribution in [0.5, 0.6) is 0 Å². The number of pyridine rings is 1. The van der Waals surface area contributed by atoms with Crippen LogP contribution in [0, 0.1) is 0 Å². The number of nitrogens with one attached hydrogen (secondary N) is 1. The van der Waals surface area contributed by atoms with Crippen LogP contribution in [0.4, 0.5) is 10.5 Å². The highest BCUT2D eigenvalue weighted by Crippen LogP contribution is 2.18. The van der Waals surface area contributed by atoms with Crippen LogP contribution < -0.4 is 5.32 Å². The Morgan fingerprint density at radius 3 is 2.79 bits per heavy atom. The van der Waals surface area contributed by atoms with Gasteiger partial charge in [-0.2, -0.15) is 0 Å². The van der Waals surface area contributed by atoms with Gasteiger partial charge in [-0.15, -0.1) is 0 Å². The van der Waals surface area contributed by atoms with Crippen molar-refractivity contribution in [2.45, 2.75) is 4.83 Å². The highest BCUT2D eigenvalue weighted by molar-refractivity contribution is 9.09. The van der Waals surface area contributed by atoms with Crippen LogP contribution in [0.25, 0.3) is 0 Å². The minimum absolute atomic E-state index is 0.367. The zero-order valence-corrected chi connectivity index (χ0v) is 8.56. The van der Waals surface area contributed by atoms with E-state index in [0.29, 0.717) is 17.7 Å². The molecule has 5 nitrogen and oxygen atoms in total.